The molecule has 2 aliphatic carbocycles. The van der Waals surface area contributed by atoms with E-state index in [2.05, 4.69) is 31.3 Å². The minimum atomic E-state index is -5.23. The van der Waals surface area contributed by atoms with Crippen LogP contribution < -0.4 is 10.9 Å². The highest BCUT2D eigenvalue weighted by Gasteiger charge is 2.36. The summed E-state index contributed by atoms with van der Waals surface area (Å²) in [5.74, 6) is -2.81. The molecule has 2 aliphatic rings. The molecule has 0 atom stereocenters. The topological polar surface area (TPSA) is 323 Å². The third-order valence-electron chi connectivity index (χ3n) is 6.74. The van der Waals surface area contributed by atoms with Gasteiger partial charge in [-0.3, -0.25) is 49.8 Å². The molecule has 5 rings (SSSR count). The van der Waals surface area contributed by atoms with Gasteiger partial charge in [-0.15, -0.1) is 10.2 Å². The van der Waals surface area contributed by atoms with Gasteiger partial charge in [-0.05, 0) is 48.0 Å². The smallest absolute Gasteiger partial charge is 0.296 e. The Bertz CT molecular complexity index is 2450. The Morgan fingerprint density at radius 3 is 1.76 bits per heavy atom. The standard InChI is InChI=1S/C28H18N8O13S2/c37-23-13-24(38)21(12-20(23)31-29-15-1-5-17(6-2-15)35(40)41)32-33-22-11-19(50(44,45)46)9-14-10-25(51(47,48)49)27(28(39)26(14)22)34-30-16-3-7-18(8-4-16)36(42)43/h1-13,29-30,38H,(H,44,45,46)(H,47,48,49). The van der Waals surface area contributed by atoms with E-state index in [1.54, 1.807) is 0 Å². The van der Waals surface area contributed by atoms with Gasteiger partial charge in [0.1, 0.15) is 22.1 Å². The Morgan fingerprint density at radius 2 is 1.25 bits per heavy atom. The van der Waals surface area contributed by atoms with Crippen LogP contribution in [0, 0.1) is 20.2 Å². The number of nitrogens with one attached hydrogen (secondary N) is 2. The summed E-state index contributed by atoms with van der Waals surface area (Å²) in [7, 11) is -10.3. The lowest BCUT2D eigenvalue weighted by Crippen LogP contribution is -2.27. The number of anilines is 2. The Morgan fingerprint density at radius 1 is 0.706 bits per heavy atom. The van der Waals surface area contributed by atoms with Crippen molar-refractivity contribution in [2.75, 3.05) is 10.9 Å². The summed E-state index contributed by atoms with van der Waals surface area (Å²) in [6.45, 7) is 0. The molecule has 23 heteroatoms. The SMILES string of the molecule is O=C1C=C(O)C(N=Nc2cc(S(=O)(=O)O)cc3c2C(=O)C(=NNc2ccc([N+](=O)[O-])cc2)C(S(=O)(=O)O)=C3)=CC1=NNc1ccc([N+](=O)[O-])cc1. The molecule has 0 heterocycles. The molecule has 0 aliphatic heterocycles. The predicted molar refractivity (Wildman–Crippen MR) is 177 cm³/mol. The zero-order chi connectivity index (χ0) is 37.2. The second kappa shape index (κ2) is 13.6. The first-order chi connectivity index (χ1) is 23.9. The number of carbonyl (C=O) groups excluding carboxylic acids is 2. The van der Waals surface area contributed by atoms with E-state index in [1.807, 2.05) is 0 Å². The number of azo groups is 1. The first kappa shape index (κ1) is 35.5. The largest absolute Gasteiger partial charge is 0.505 e. The quantitative estimate of drug-likeness (QED) is 0.0642. The van der Waals surface area contributed by atoms with E-state index in [-0.39, 0.29) is 28.5 Å². The van der Waals surface area contributed by atoms with E-state index in [0.717, 1.165) is 18.2 Å². The minimum Gasteiger partial charge on any atom is -0.505 e. The lowest BCUT2D eigenvalue weighted by atomic mass is 9.93. The molecule has 51 heavy (non-hydrogen) atoms. The van der Waals surface area contributed by atoms with E-state index in [9.17, 15) is 60.9 Å². The van der Waals surface area contributed by atoms with Crippen molar-refractivity contribution in [3.63, 3.8) is 0 Å². The van der Waals surface area contributed by atoms with E-state index >= 15 is 0 Å². The number of nitrogens with zero attached hydrogens (tertiary/aromatic N) is 6. The lowest BCUT2D eigenvalue weighted by molar-refractivity contribution is -0.385. The fourth-order valence-electron chi connectivity index (χ4n) is 4.34. The highest BCUT2D eigenvalue weighted by molar-refractivity contribution is 7.91. The molecule has 0 aromatic heterocycles. The highest BCUT2D eigenvalue weighted by Crippen LogP contribution is 2.36. The molecule has 0 saturated carbocycles. The van der Waals surface area contributed by atoms with Crippen molar-refractivity contribution in [2.45, 2.75) is 4.90 Å². The summed E-state index contributed by atoms with van der Waals surface area (Å²) in [4.78, 5) is 44.7. The van der Waals surface area contributed by atoms with Crippen LogP contribution in [0.25, 0.3) is 6.08 Å². The Hall–Kier alpha value is -6.82. The second-order valence-corrected chi connectivity index (χ2v) is 12.9. The second-order valence-electron chi connectivity index (χ2n) is 10.1. The van der Waals surface area contributed by atoms with Crippen LogP contribution in [0.2, 0.25) is 0 Å². The average Bonchev–Trinajstić information content (AvgIpc) is 3.06. The number of Topliss-reactive ketones (excluding diaryl/α,β-unsaturated/α-hetero) is 1. The third kappa shape index (κ3) is 7.92. The van der Waals surface area contributed by atoms with Crippen LogP contribution in [-0.4, -0.2) is 63.9 Å². The predicted octanol–water partition coefficient (Wildman–Crippen LogP) is 4.10. The molecule has 0 bridgehead atoms. The number of benzene rings is 3. The molecule has 5 N–H and O–H groups in total. The number of nitro groups is 2. The van der Waals surface area contributed by atoms with Gasteiger partial charge in [0.15, 0.2) is 5.71 Å². The molecular weight excluding hydrogens is 720 g/mol. The number of ketones is 2. The number of aliphatic hydroxyl groups excluding tert-OH is 1. The number of allylic oxidation sites excluding steroid dienone is 3. The number of rotatable bonds is 10. The van der Waals surface area contributed by atoms with Crippen molar-refractivity contribution in [1.29, 1.82) is 0 Å². The summed E-state index contributed by atoms with van der Waals surface area (Å²) in [6, 6.07) is 10.9. The first-order valence-corrected chi connectivity index (χ1v) is 16.5. The van der Waals surface area contributed by atoms with Crippen molar-refractivity contribution in [1.82, 2.24) is 0 Å². The zero-order valence-corrected chi connectivity index (χ0v) is 26.6. The van der Waals surface area contributed by atoms with Crippen molar-refractivity contribution in [3.8, 4) is 0 Å². The molecule has 0 amide bonds. The van der Waals surface area contributed by atoms with Crippen LogP contribution in [0.15, 0.2) is 115 Å². The fraction of sp³-hybridized carbons (Fsp3) is 0. The molecule has 0 radical (unpaired) electrons. The number of hydrogen-bond donors (Lipinski definition) is 5. The molecule has 0 saturated heterocycles. The van der Waals surface area contributed by atoms with E-state index in [0.29, 0.717) is 24.3 Å². The van der Waals surface area contributed by atoms with Gasteiger partial charge >= 0.3 is 0 Å². The molecule has 3 aromatic rings. The summed E-state index contributed by atoms with van der Waals surface area (Å²) in [5, 5.41) is 47.4. The van der Waals surface area contributed by atoms with Crippen LogP contribution in [0.3, 0.4) is 0 Å². The molecule has 0 fully saturated rings. The van der Waals surface area contributed by atoms with Gasteiger partial charge in [-0.2, -0.15) is 27.0 Å². The molecule has 0 spiro atoms. The van der Waals surface area contributed by atoms with Crippen molar-refractivity contribution < 1.29 is 50.5 Å². The normalized spacial score (nSPS) is 16.4. The molecule has 260 valence electrons. The summed E-state index contributed by atoms with van der Waals surface area (Å²) < 4.78 is 68.4. The molecule has 3 aromatic carbocycles. The number of carbonyl (C=O) groups is 2. The zero-order valence-electron chi connectivity index (χ0n) is 24.9. The average molecular weight is 739 g/mol. The Balaban J connectivity index is 1.56. The maximum Gasteiger partial charge on any atom is 0.296 e. The van der Waals surface area contributed by atoms with Gasteiger partial charge in [0.05, 0.1) is 37.4 Å². The molecule has 21 nitrogen and oxygen atoms in total. The summed E-state index contributed by atoms with van der Waals surface area (Å²) in [6.07, 6.45) is 2.31. The van der Waals surface area contributed by atoms with Gasteiger partial charge in [0.2, 0.25) is 11.6 Å². The van der Waals surface area contributed by atoms with E-state index in [1.165, 1.54) is 36.4 Å². The van der Waals surface area contributed by atoms with Gasteiger partial charge in [-0.1, -0.05) is 0 Å². The molecular formula is C28H18N8O13S2. The summed E-state index contributed by atoms with van der Waals surface area (Å²) >= 11 is 0. The minimum absolute atomic E-state index is 0.0459. The number of non-ortho nitro benzene ring substituents is 2. The maximum absolute atomic E-state index is 13.7. The van der Waals surface area contributed by atoms with Crippen molar-refractivity contribution >= 4 is 77.7 Å². The lowest BCUT2D eigenvalue weighted by Gasteiger charge is -2.18. The highest BCUT2D eigenvalue weighted by atomic mass is 32.2. The van der Waals surface area contributed by atoms with Gasteiger partial charge in [-0.25, -0.2) is 0 Å². The van der Waals surface area contributed by atoms with E-state index < -0.39 is 85.4 Å². The van der Waals surface area contributed by atoms with Crippen LogP contribution in [0.1, 0.15) is 15.9 Å². The van der Waals surface area contributed by atoms with Gasteiger partial charge in [0, 0.05) is 36.4 Å². The number of fused-ring (bicyclic) bond motifs is 1. The van der Waals surface area contributed by atoms with Crippen molar-refractivity contribution in [2.24, 2.45) is 20.4 Å². The van der Waals surface area contributed by atoms with Gasteiger partial charge < -0.3 is 5.11 Å². The van der Waals surface area contributed by atoms with Gasteiger partial charge in [0.25, 0.3) is 31.6 Å². The maximum atomic E-state index is 13.7. The number of nitro benzene ring substituents is 2. The number of aliphatic hydroxyl groups is 1. The van der Waals surface area contributed by atoms with Crippen LogP contribution in [0.5, 0.6) is 0 Å². The monoisotopic (exact) mass is 738 g/mol. The number of hydrogen-bond acceptors (Lipinski definition) is 17. The molecule has 0 unspecified atom stereocenters. The Kier molecular flexibility index (Phi) is 9.46. The van der Waals surface area contributed by atoms with Crippen LogP contribution in [-0.2, 0) is 25.0 Å². The third-order valence-corrected chi connectivity index (χ3v) is 8.44. The fourth-order valence-corrected chi connectivity index (χ4v) is 5.53. The number of hydrazone groups is 2. The van der Waals surface area contributed by atoms with Crippen molar-refractivity contribution in [3.05, 3.63) is 121 Å². The van der Waals surface area contributed by atoms with E-state index in [4.69, 9.17) is 0 Å². The van der Waals surface area contributed by atoms with Crippen LogP contribution >= 0.6 is 0 Å². The van der Waals surface area contributed by atoms with Crippen LogP contribution in [0.4, 0.5) is 28.4 Å². The summed E-state index contributed by atoms with van der Waals surface area (Å²) in [5.41, 5.74) is 1.25. The Labute approximate surface area is 284 Å². The first-order valence-electron chi connectivity index (χ1n) is 13.6.